The Morgan fingerprint density at radius 1 is 1.00 bits per heavy atom. The van der Waals surface area contributed by atoms with Crippen molar-refractivity contribution in [3.63, 3.8) is 0 Å². The maximum atomic E-state index is 13.5. The van der Waals surface area contributed by atoms with E-state index < -0.39 is 5.41 Å². The molecule has 0 saturated heterocycles. The molecule has 2 aromatic rings. The monoisotopic (exact) mass is 392 g/mol. The van der Waals surface area contributed by atoms with Crippen LogP contribution in [0.4, 0.5) is 8.78 Å². The summed E-state index contributed by atoms with van der Waals surface area (Å²) in [6.07, 6.45) is 0.502. The summed E-state index contributed by atoms with van der Waals surface area (Å²) in [6.45, 7) is 0. The number of hydrogen-bond donors (Lipinski definition) is 0. The van der Waals surface area contributed by atoms with Crippen molar-refractivity contribution in [1.82, 2.24) is 0 Å². The Morgan fingerprint density at radius 3 is 2.29 bits per heavy atom. The number of alkyl halides is 2. The van der Waals surface area contributed by atoms with E-state index in [1.165, 1.54) is 18.2 Å². The van der Waals surface area contributed by atoms with Crippen molar-refractivity contribution in [2.45, 2.75) is 11.8 Å². The van der Waals surface area contributed by atoms with E-state index in [2.05, 4.69) is 15.9 Å². The van der Waals surface area contributed by atoms with Crippen LogP contribution in [0.25, 0.3) is 0 Å². The van der Waals surface area contributed by atoms with Gasteiger partial charge in [0.05, 0.1) is 4.47 Å². The summed E-state index contributed by atoms with van der Waals surface area (Å²) < 4.78 is 27.2. The van der Waals surface area contributed by atoms with E-state index in [-0.39, 0.29) is 23.4 Å². The van der Waals surface area contributed by atoms with Gasteiger partial charge in [0.2, 0.25) is 0 Å². The minimum absolute atomic E-state index is 0.245. The lowest BCUT2D eigenvalue weighted by atomic mass is 9.78. The third-order valence-corrected chi connectivity index (χ3v) is 5.11. The summed E-state index contributed by atoms with van der Waals surface area (Å²) >= 11 is 15.4. The van der Waals surface area contributed by atoms with Crippen molar-refractivity contribution in [2.75, 3.05) is 11.8 Å². The standard InChI is InChI=1S/C16H13BrCl2F2/c17-14-6-11(4-5-15(14)21)8-16(9-18,10-19)12-2-1-3-13(20)7-12/h1-7H,8-10H2. The highest BCUT2D eigenvalue weighted by Gasteiger charge is 2.31. The second kappa shape index (κ2) is 7.08. The maximum absolute atomic E-state index is 13.5. The van der Waals surface area contributed by atoms with Gasteiger partial charge in [0.1, 0.15) is 11.6 Å². The van der Waals surface area contributed by atoms with E-state index in [4.69, 9.17) is 23.2 Å². The van der Waals surface area contributed by atoms with Crippen LogP contribution >= 0.6 is 39.1 Å². The molecule has 0 nitrogen and oxygen atoms in total. The first kappa shape index (κ1) is 16.7. The van der Waals surface area contributed by atoms with Crippen LogP contribution in [0.2, 0.25) is 0 Å². The predicted octanol–water partition coefficient (Wildman–Crippen LogP) is 5.69. The molecule has 0 N–H and O–H groups in total. The fraction of sp³-hybridized carbons (Fsp3) is 0.250. The lowest BCUT2D eigenvalue weighted by molar-refractivity contribution is 0.527. The van der Waals surface area contributed by atoms with Crippen molar-refractivity contribution in [1.29, 1.82) is 0 Å². The molecule has 21 heavy (non-hydrogen) atoms. The molecular weight excluding hydrogens is 381 g/mol. The summed E-state index contributed by atoms with van der Waals surface area (Å²) in [5.74, 6) is -0.163. The van der Waals surface area contributed by atoms with Crippen molar-refractivity contribution in [2.24, 2.45) is 0 Å². The van der Waals surface area contributed by atoms with Crippen LogP contribution in [0.15, 0.2) is 46.9 Å². The summed E-state index contributed by atoms with van der Waals surface area (Å²) in [5.41, 5.74) is 1.03. The van der Waals surface area contributed by atoms with Crippen LogP contribution in [-0.2, 0) is 11.8 Å². The predicted molar refractivity (Wildman–Crippen MR) is 87.3 cm³/mol. The fourth-order valence-corrected chi connectivity index (χ4v) is 3.45. The fourth-order valence-electron chi connectivity index (χ4n) is 2.25. The first-order chi connectivity index (χ1) is 10.0. The quantitative estimate of drug-likeness (QED) is 0.572. The van der Waals surface area contributed by atoms with E-state index in [0.29, 0.717) is 10.9 Å². The van der Waals surface area contributed by atoms with Crippen LogP contribution in [-0.4, -0.2) is 11.8 Å². The van der Waals surface area contributed by atoms with Gasteiger partial charge in [-0.3, -0.25) is 0 Å². The average Bonchev–Trinajstić information content (AvgIpc) is 2.48. The zero-order valence-corrected chi connectivity index (χ0v) is 14.2. The molecule has 0 aliphatic carbocycles. The SMILES string of the molecule is Fc1cccc(C(CCl)(CCl)Cc2ccc(F)c(Br)c2)c1. The molecule has 0 spiro atoms. The number of benzene rings is 2. The third-order valence-electron chi connectivity index (χ3n) is 3.48. The van der Waals surface area contributed by atoms with Crippen molar-refractivity contribution < 1.29 is 8.78 Å². The van der Waals surface area contributed by atoms with Gasteiger partial charge in [-0.1, -0.05) is 18.2 Å². The molecule has 0 saturated carbocycles. The maximum Gasteiger partial charge on any atom is 0.137 e. The minimum Gasteiger partial charge on any atom is -0.207 e. The zero-order valence-electron chi connectivity index (χ0n) is 11.1. The Bertz CT molecular complexity index is 627. The van der Waals surface area contributed by atoms with Gasteiger partial charge >= 0.3 is 0 Å². The van der Waals surface area contributed by atoms with Crippen molar-refractivity contribution in [3.05, 3.63) is 69.7 Å². The first-order valence-corrected chi connectivity index (χ1v) is 8.19. The number of halogens is 5. The van der Waals surface area contributed by atoms with Crippen molar-refractivity contribution >= 4 is 39.1 Å². The molecule has 112 valence electrons. The first-order valence-electron chi connectivity index (χ1n) is 6.33. The largest absolute Gasteiger partial charge is 0.207 e. The van der Waals surface area contributed by atoms with Gasteiger partial charge in [-0.25, -0.2) is 8.78 Å². The lowest BCUT2D eigenvalue weighted by Crippen LogP contribution is -2.33. The van der Waals surface area contributed by atoms with E-state index in [1.807, 2.05) is 6.07 Å². The summed E-state index contributed by atoms with van der Waals surface area (Å²) in [7, 11) is 0. The van der Waals surface area contributed by atoms with Crippen LogP contribution in [0.1, 0.15) is 11.1 Å². The number of rotatable bonds is 5. The van der Waals surface area contributed by atoms with Crippen LogP contribution in [0.5, 0.6) is 0 Å². The Balaban J connectivity index is 2.40. The van der Waals surface area contributed by atoms with E-state index in [0.717, 1.165) is 11.1 Å². The smallest absolute Gasteiger partial charge is 0.137 e. The average molecular weight is 394 g/mol. The molecule has 0 aliphatic heterocycles. The Morgan fingerprint density at radius 2 is 1.71 bits per heavy atom. The van der Waals surface area contributed by atoms with Gasteiger partial charge in [-0.2, -0.15) is 0 Å². The molecule has 0 unspecified atom stereocenters. The topological polar surface area (TPSA) is 0 Å². The van der Waals surface area contributed by atoms with Gasteiger partial charge in [-0.05, 0) is 57.7 Å². The minimum atomic E-state index is -0.595. The normalized spacial score (nSPS) is 11.7. The van der Waals surface area contributed by atoms with Crippen LogP contribution in [0, 0.1) is 11.6 Å². The van der Waals surface area contributed by atoms with E-state index in [9.17, 15) is 8.78 Å². The van der Waals surface area contributed by atoms with E-state index in [1.54, 1.807) is 18.2 Å². The molecule has 0 heterocycles. The summed E-state index contributed by atoms with van der Waals surface area (Å²) in [5, 5.41) is 0. The van der Waals surface area contributed by atoms with Crippen LogP contribution < -0.4 is 0 Å². The summed E-state index contributed by atoms with van der Waals surface area (Å²) in [4.78, 5) is 0. The van der Waals surface area contributed by atoms with Gasteiger partial charge in [0, 0.05) is 17.2 Å². The third kappa shape index (κ3) is 3.77. The van der Waals surface area contributed by atoms with Gasteiger partial charge < -0.3 is 0 Å². The second-order valence-electron chi connectivity index (χ2n) is 4.98. The van der Waals surface area contributed by atoms with Crippen LogP contribution in [0.3, 0.4) is 0 Å². The molecule has 5 heteroatoms. The molecule has 0 bridgehead atoms. The molecule has 2 aromatic carbocycles. The second-order valence-corrected chi connectivity index (χ2v) is 6.37. The zero-order chi connectivity index (χ0) is 15.5. The lowest BCUT2D eigenvalue weighted by Gasteiger charge is -2.30. The Hall–Kier alpha value is -0.640. The van der Waals surface area contributed by atoms with Gasteiger partial charge in [0.15, 0.2) is 0 Å². The Labute approximate surface area is 141 Å². The Kier molecular flexibility index (Phi) is 5.64. The summed E-state index contributed by atoms with van der Waals surface area (Å²) in [6, 6.07) is 11.0. The molecule has 0 aromatic heterocycles. The highest BCUT2D eigenvalue weighted by Crippen LogP contribution is 2.33. The molecule has 2 rings (SSSR count). The molecule has 0 radical (unpaired) electrons. The highest BCUT2D eigenvalue weighted by atomic mass is 79.9. The molecular formula is C16H13BrCl2F2. The molecule has 0 amide bonds. The molecule has 0 aliphatic rings. The van der Waals surface area contributed by atoms with Gasteiger partial charge in [0.25, 0.3) is 0 Å². The highest BCUT2D eigenvalue weighted by molar-refractivity contribution is 9.10. The van der Waals surface area contributed by atoms with E-state index >= 15 is 0 Å². The molecule has 0 fully saturated rings. The number of hydrogen-bond acceptors (Lipinski definition) is 0. The van der Waals surface area contributed by atoms with Gasteiger partial charge in [-0.15, -0.1) is 23.2 Å². The van der Waals surface area contributed by atoms with Crippen molar-refractivity contribution in [3.8, 4) is 0 Å². The molecule has 0 atom stereocenters.